The first-order chi connectivity index (χ1) is 14.3. The highest BCUT2D eigenvalue weighted by molar-refractivity contribution is 6.05. The van der Waals surface area contributed by atoms with E-state index in [2.05, 4.69) is 20.8 Å². The van der Waals surface area contributed by atoms with Crippen LogP contribution in [0.15, 0.2) is 48.5 Å². The molecule has 4 aromatic rings. The minimum absolute atomic E-state index is 0.132. The lowest BCUT2D eigenvalue weighted by atomic mass is 10.2. The molecule has 9 heteroatoms. The first-order valence-electron chi connectivity index (χ1n) is 9.16. The fourth-order valence-electron chi connectivity index (χ4n) is 3.39. The van der Waals surface area contributed by atoms with Gasteiger partial charge in [-0.2, -0.15) is 4.68 Å². The Kier molecular flexibility index (Phi) is 4.86. The first kappa shape index (κ1) is 19.4. The number of hydrogen-bond acceptors (Lipinski definition) is 4. The number of aryl methyl sites for hydroxylation is 2. The van der Waals surface area contributed by atoms with Crippen molar-refractivity contribution in [2.24, 2.45) is 0 Å². The van der Waals surface area contributed by atoms with E-state index in [1.54, 1.807) is 25.1 Å². The molecule has 0 aliphatic carbocycles. The van der Waals surface area contributed by atoms with Gasteiger partial charge in [0.2, 0.25) is 0 Å². The minimum Gasteiger partial charge on any atom is -0.322 e. The Morgan fingerprint density at radius 2 is 1.73 bits per heavy atom. The van der Waals surface area contributed by atoms with Crippen molar-refractivity contribution in [1.29, 1.82) is 0 Å². The smallest absolute Gasteiger partial charge is 0.257 e. The van der Waals surface area contributed by atoms with E-state index in [0.29, 0.717) is 22.8 Å². The van der Waals surface area contributed by atoms with Crippen LogP contribution in [-0.4, -0.2) is 30.7 Å². The predicted octanol–water partition coefficient (Wildman–Crippen LogP) is 3.91. The quantitative estimate of drug-likeness (QED) is 0.555. The second-order valence-electron chi connectivity index (χ2n) is 6.85. The molecule has 0 fully saturated rings. The van der Waals surface area contributed by atoms with Gasteiger partial charge in [0.1, 0.15) is 17.3 Å². The van der Waals surface area contributed by atoms with E-state index < -0.39 is 5.82 Å². The van der Waals surface area contributed by atoms with Gasteiger partial charge in [0.15, 0.2) is 5.82 Å². The molecule has 0 saturated carbocycles. The van der Waals surface area contributed by atoms with E-state index in [-0.39, 0.29) is 17.4 Å². The lowest BCUT2D eigenvalue weighted by Gasteiger charge is -2.11. The number of carbonyl (C=O) groups excluding carboxylic acids is 1. The van der Waals surface area contributed by atoms with E-state index in [0.717, 1.165) is 11.4 Å². The van der Waals surface area contributed by atoms with E-state index in [1.807, 2.05) is 18.4 Å². The summed E-state index contributed by atoms with van der Waals surface area (Å²) in [5, 5.41) is 13.8. The van der Waals surface area contributed by atoms with Crippen molar-refractivity contribution >= 4 is 11.6 Å². The molecule has 0 saturated heterocycles. The van der Waals surface area contributed by atoms with Crippen LogP contribution in [0.1, 0.15) is 27.6 Å². The number of hydrogen-bond donors (Lipinski definition) is 1. The highest BCUT2D eigenvalue weighted by Crippen LogP contribution is 2.24. The lowest BCUT2D eigenvalue weighted by Crippen LogP contribution is -2.14. The SMILES string of the molecule is Cc1nnnn1-c1cc(NC(=O)c2cc(C)n(-c3ccc(F)cc3)c2C)ccc1F. The van der Waals surface area contributed by atoms with Crippen molar-refractivity contribution in [3.8, 4) is 11.4 Å². The topological polar surface area (TPSA) is 77.6 Å². The Balaban J connectivity index is 1.65. The van der Waals surface area contributed by atoms with Gasteiger partial charge in [0.05, 0.1) is 5.56 Å². The number of carbonyl (C=O) groups is 1. The number of nitrogens with zero attached hydrogens (tertiary/aromatic N) is 5. The number of amides is 1. The molecule has 4 rings (SSSR count). The van der Waals surface area contributed by atoms with Crippen molar-refractivity contribution in [3.63, 3.8) is 0 Å². The number of benzene rings is 2. The van der Waals surface area contributed by atoms with E-state index in [4.69, 9.17) is 0 Å². The standard InChI is InChI=1S/C21H18F2N6O/c1-12-10-18(13(2)28(12)17-7-4-15(22)5-8-17)21(30)24-16-6-9-19(23)20(11-16)29-14(3)25-26-27-29/h4-11H,1-3H3,(H,24,30). The zero-order valence-electron chi connectivity index (χ0n) is 16.5. The number of halogens is 2. The summed E-state index contributed by atoms with van der Waals surface area (Å²) in [5.41, 5.74) is 3.28. The summed E-state index contributed by atoms with van der Waals surface area (Å²) in [4.78, 5) is 12.9. The van der Waals surface area contributed by atoms with Gasteiger partial charge < -0.3 is 9.88 Å². The molecule has 0 atom stereocenters. The largest absolute Gasteiger partial charge is 0.322 e. The van der Waals surface area contributed by atoms with Crippen LogP contribution < -0.4 is 5.32 Å². The van der Waals surface area contributed by atoms with Crippen molar-refractivity contribution in [2.45, 2.75) is 20.8 Å². The summed E-state index contributed by atoms with van der Waals surface area (Å²) in [6, 6.07) is 12.0. The molecule has 0 radical (unpaired) electrons. The highest BCUT2D eigenvalue weighted by Gasteiger charge is 2.18. The van der Waals surface area contributed by atoms with Crippen LogP contribution in [0.5, 0.6) is 0 Å². The Morgan fingerprint density at radius 1 is 1.00 bits per heavy atom. The third kappa shape index (κ3) is 3.45. The van der Waals surface area contributed by atoms with Crippen LogP contribution in [0.3, 0.4) is 0 Å². The first-order valence-corrected chi connectivity index (χ1v) is 9.16. The van der Waals surface area contributed by atoms with Crippen LogP contribution in [0.2, 0.25) is 0 Å². The molecule has 2 aromatic carbocycles. The zero-order valence-corrected chi connectivity index (χ0v) is 16.5. The molecular formula is C21H18F2N6O. The van der Waals surface area contributed by atoms with Crippen molar-refractivity contribution < 1.29 is 13.6 Å². The van der Waals surface area contributed by atoms with Crippen molar-refractivity contribution in [2.75, 3.05) is 5.32 Å². The molecule has 152 valence electrons. The third-order valence-electron chi connectivity index (χ3n) is 4.82. The minimum atomic E-state index is -0.516. The molecule has 0 bridgehead atoms. The van der Waals surface area contributed by atoms with Gasteiger partial charge in [-0.05, 0) is 79.7 Å². The second kappa shape index (κ2) is 7.51. The lowest BCUT2D eigenvalue weighted by molar-refractivity contribution is 0.102. The third-order valence-corrected chi connectivity index (χ3v) is 4.82. The predicted molar refractivity (Wildman–Crippen MR) is 107 cm³/mol. The molecule has 0 aliphatic rings. The maximum absolute atomic E-state index is 14.3. The molecule has 30 heavy (non-hydrogen) atoms. The highest BCUT2D eigenvalue weighted by atomic mass is 19.1. The summed E-state index contributed by atoms with van der Waals surface area (Å²) in [7, 11) is 0. The molecule has 7 nitrogen and oxygen atoms in total. The molecule has 0 unspecified atom stereocenters. The Labute approximate surface area is 171 Å². The number of tetrazole rings is 1. The fourth-order valence-corrected chi connectivity index (χ4v) is 3.39. The van der Waals surface area contributed by atoms with Gasteiger partial charge in [0, 0.05) is 22.8 Å². The molecule has 1 amide bonds. The van der Waals surface area contributed by atoms with Crippen LogP contribution in [-0.2, 0) is 0 Å². The molecule has 0 aliphatic heterocycles. The summed E-state index contributed by atoms with van der Waals surface area (Å²) in [6.45, 7) is 5.32. The van der Waals surface area contributed by atoms with Crippen molar-refractivity contribution in [3.05, 3.63) is 82.9 Å². The summed E-state index contributed by atoms with van der Waals surface area (Å²) in [5.74, 6) is -0.773. The van der Waals surface area contributed by atoms with Gasteiger partial charge in [-0.1, -0.05) is 0 Å². The molecule has 2 aromatic heterocycles. The number of anilines is 1. The second-order valence-corrected chi connectivity index (χ2v) is 6.85. The number of nitrogens with one attached hydrogen (secondary N) is 1. The van der Waals surface area contributed by atoms with Gasteiger partial charge in [0.25, 0.3) is 5.91 Å². The van der Waals surface area contributed by atoms with Crippen LogP contribution in [0, 0.1) is 32.4 Å². The normalized spacial score (nSPS) is 11.0. The van der Waals surface area contributed by atoms with Gasteiger partial charge >= 0.3 is 0 Å². The summed E-state index contributed by atoms with van der Waals surface area (Å²) in [6.07, 6.45) is 0. The molecule has 0 spiro atoms. The molecule has 2 heterocycles. The van der Waals surface area contributed by atoms with E-state index in [1.165, 1.54) is 35.0 Å². The van der Waals surface area contributed by atoms with E-state index in [9.17, 15) is 13.6 Å². The van der Waals surface area contributed by atoms with Crippen LogP contribution >= 0.6 is 0 Å². The Hall–Kier alpha value is -3.88. The molecular weight excluding hydrogens is 390 g/mol. The fraction of sp³-hybridized carbons (Fsp3) is 0.143. The van der Waals surface area contributed by atoms with Crippen LogP contribution in [0.25, 0.3) is 11.4 Å². The van der Waals surface area contributed by atoms with Gasteiger partial charge in [-0.25, -0.2) is 8.78 Å². The maximum Gasteiger partial charge on any atom is 0.257 e. The van der Waals surface area contributed by atoms with E-state index >= 15 is 0 Å². The average molecular weight is 408 g/mol. The van der Waals surface area contributed by atoms with Gasteiger partial charge in [-0.3, -0.25) is 4.79 Å². The molecule has 1 N–H and O–H groups in total. The summed E-state index contributed by atoms with van der Waals surface area (Å²) >= 11 is 0. The number of aromatic nitrogens is 5. The number of rotatable bonds is 4. The van der Waals surface area contributed by atoms with Gasteiger partial charge in [-0.15, -0.1) is 5.10 Å². The van der Waals surface area contributed by atoms with Crippen LogP contribution in [0.4, 0.5) is 14.5 Å². The zero-order chi connectivity index (χ0) is 21.4. The Bertz CT molecular complexity index is 1240. The Morgan fingerprint density at radius 3 is 2.40 bits per heavy atom. The summed E-state index contributed by atoms with van der Waals surface area (Å²) < 4.78 is 30.6. The maximum atomic E-state index is 14.3. The van der Waals surface area contributed by atoms with Crippen molar-refractivity contribution in [1.82, 2.24) is 24.8 Å². The monoisotopic (exact) mass is 408 g/mol. The average Bonchev–Trinajstić information content (AvgIpc) is 3.27.